The van der Waals surface area contributed by atoms with Gasteiger partial charge >= 0.3 is 0 Å². The summed E-state index contributed by atoms with van der Waals surface area (Å²) in [6.45, 7) is 3.23. The van der Waals surface area contributed by atoms with Crippen molar-refractivity contribution < 1.29 is 0 Å². The van der Waals surface area contributed by atoms with Gasteiger partial charge < -0.3 is 10.6 Å². The first-order valence-electron chi connectivity index (χ1n) is 9.98. The van der Waals surface area contributed by atoms with Crippen molar-refractivity contribution in [1.29, 1.82) is 0 Å². The van der Waals surface area contributed by atoms with Crippen LogP contribution in [-0.4, -0.2) is 50.5 Å². The first-order chi connectivity index (χ1) is 14.9. The van der Waals surface area contributed by atoms with E-state index in [2.05, 4.69) is 65.9 Å². The molecule has 8 nitrogen and oxygen atoms in total. The molecule has 9 heteroatoms. The van der Waals surface area contributed by atoms with Crippen LogP contribution in [0, 0.1) is 0 Å². The number of nitrogens with one attached hydrogen (secondary N) is 4. The molecule has 0 bridgehead atoms. The standard InChI is InChI=1S/C22H22N8.ClH/c1-2-6-16-15(5-1)19(13-27-29-21-23-9-10-24-21)17-7-3-4-8-18(17)20(16)14-28-30-22-25-11-12-26-22;/h1-8,13-14H,9-12H2,(H2,23,24,29)(H2,25,26,30);1H/b27-13+,28-14+;. The van der Waals surface area contributed by atoms with Crippen molar-refractivity contribution in [3.8, 4) is 0 Å². The van der Waals surface area contributed by atoms with E-state index in [9.17, 15) is 0 Å². The quantitative estimate of drug-likeness (QED) is 0.287. The van der Waals surface area contributed by atoms with Crippen LogP contribution in [0.3, 0.4) is 0 Å². The molecule has 0 unspecified atom stereocenters. The number of nitrogens with zero attached hydrogens (tertiary/aromatic N) is 4. The fourth-order valence-electron chi connectivity index (χ4n) is 3.74. The van der Waals surface area contributed by atoms with E-state index >= 15 is 0 Å². The van der Waals surface area contributed by atoms with E-state index in [1.807, 2.05) is 36.7 Å². The average Bonchev–Trinajstić information content (AvgIpc) is 3.49. The summed E-state index contributed by atoms with van der Waals surface area (Å²) in [5, 5.41) is 19.6. The number of hydrazone groups is 2. The van der Waals surface area contributed by atoms with Gasteiger partial charge in [0.15, 0.2) is 0 Å². The highest BCUT2D eigenvalue weighted by Gasteiger charge is 2.12. The van der Waals surface area contributed by atoms with Gasteiger partial charge in [0.25, 0.3) is 0 Å². The lowest BCUT2D eigenvalue weighted by Crippen LogP contribution is -2.30. The SMILES string of the molecule is C(=N\NC1=NCCN1)/c1c2ccccc2c(/C=N/NC2=NCCN2)c2ccccc12.Cl. The second-order valence-electron chi connectivity index (χ2n) is 6.97. The highest BCUT2D eigenvalue weighted by Crippen LogP contribution is 2.31. The summed E-state index contributed by atoms with van der Waals surface area (Å²) in [6, 6.07) is 16.6. The Labute approximate surface area is 186 Å². The van der Waals surface area contributed by atoms with Crippen molar-refractivity contribution in [2.75, 3.05) is 26.2 Å². The molecule has 31 heavy (non-hydrogen) atoms. The summed E-state index contributed by atoms with van der Waals surface area (Å²) in [6.07, 6.45) is 3.73. The summed E-state index contributed by atoms with van der Waals surface area (Å²) in [7, 11) is 0. The summed E-state index contributed by atoms with van der Waals surface area (Å²) < 4.78 is 0. The lowest BCUT2D eigenvalue weighted by molar-refractivity contribution is 0.920. The number of benzene rings is 3. The van der Waals surface area contributed by atoms with Crippen LogP contribution in [0.5, 0.6) is 0 Å². The molecule has 0 fully saturated rings. The number of halogens is 1. The molecule has 2 heterocycles. The molecular formula is C22H23ClN8. The third kappa shape index (κ3) is 4.29. The van der Waals surface area contributed by atoms with Crippen molar-refractivity contribution in [2.24, 2.45) is 20.2 Å². The molecule has 3 aromatic rings. The van der Waals surface area contributed by atoms with Crippen molar-refractivity contribution in [1.82, 2.24) is 21.5 Å². The fourth-order valence-corrected chi connectivity index (χ4v) is 3.74. The van der Waals surface area contributed by atoms with Crippen LogP contribution in [0.15, 0.2) is 68.7 Å². The number of hydrogen-bond donors (Lipinski definition) is 4. The molecule has 158 valence electrons. The number of guanidine groups is 2. The van der Waals surface area contributed by atoms with Crippen molar-refractivity contribution in [2.45, 2.75) is 0 Å². The predicted octanol–water partition coefficient (Wildman–Crippen LogP) is 2.18. The van der Waals surface area contributed by atoms with Crippen LogP contribution in [0.25, 0.3) is 21.5 Å². The molecule has 0 amide bonds. The highest BCUT2D eigenvalue weighted by molar-refractivity contribution is 6.21. The van der Waals surface area contributed by atoms with Gasteiger partial charge in [0.2, 0.25) is 11.9 Å². The van der Waals surface area contributed by atoms with E-state index in [-0.39, 0.29) is 12.4 Å². The molecule has 2 aliphatic rings. The van der Waals surface area contributed by atoms with Gasteiger partial charge in [-0.2, -0.15) is 10.2 Å². The first-order valence-corrected chi connectivity index (χ1v) is 9.98. The summed E-state index contributed by atoms with van der Waals surface area (Å²) in [5.41, 5.74) is 8.09. The zero-order valence-electron chi connectivity index (χ0n) is 16.8. The predicted molar refractivity (Wildman–Crippen MR) is 131 cm³/mol. The molecule has 4 N–H and O–H groups in total. The van der Waals surface area contributed by atoms with Gasteiger partial charge in [-0.3, -0.25) is 0 Å². The summed E-state index contributed by atoms with van der Waals surface area (Å²) in [5.74, 6) is 1.41. The van der Waals surface area contributed by atoms with E-state index in [0.717, 1.165) is 58.9 Å². The van der Waals surface area contributed by atoms with Crippen LogP contribution in [0.2, 0.25) is 0 Å². The van der Waals surface area contributed by atoms with Crippen molar-refractivity contribution in [3.05, 3.63) is 59.7 Å². The Kier molecular flexibility index (Phi) is 6.28. The first kappa shape index (κ1) is 20.6. The molecule has 0 radical (unpaired) electrons. The Hall–Kier alpha value is -3.65. The van der Waals surface area contributed by atoms with Crippen LogP contribution >= 0.6 is 12.4 Å². The molecule has 3 aromatic carbocycles. The van der Waals surface area contributed by atoms with Crippen LogP contribution in [0.4, 0.5) is 0 Å². The number of hydrogen-bond acceptors (Lipinski definition) is 8. The molecule has 2 aliphatic heterocycles. The maximum Gasteiger partial charge on any atom is 0.212 e. The molecule has 0 atom stereocenters. The van der Waals surface area contributed by atoms with Crippen molar-refractivity contribution in [3.63, 3.8) is 0 Å². The Bertz CT molecular complexity index is 1060. The van der Waals surface area contributed by atoms with E-state index in [4.69, 9.17) is 0 Å². The number of rotatable bonds is 4. The molecule has 0 aromatic heterocycles. The lowest BCUT2D eigenvalue weighted by Gasteiger charge is -2.12. The van der Waals surface area contributed by atoms with E-state index < -0.39 is 0 Å². The average molecular weight is 435 g/mol. The maximum atomic E-state index is 4.43. The van der Waals surface area contributed by atoms with Gasteiger partial charge in [-0.1, -0.05) is 48.5 Å². The molecule has 5 rings (SSSR count). The van der Waals surface area contributed by atoms with Crippen LogP contribution in [0.1, 0.15) is 11.1 Å². The van der Waals surface area contributed by atoms with Crippen LogP contribution in [-0.2, 0) is 0 Å². The zero-order chi connectivity index (χ0) is 20.2. The topological polar surface area (TPSA) is 97.6 Å². The molecule has 0 aliphatic carbocycles. The minimum absolute atomic E-state index is 0. The lowest BCUT2D eigenvalue weighted by atomic mass is 9.92. The second kappa shape index (κ2) is 9.44. The Balaban J connectivity index is 0.00000231. The maximum absolute atomic E-state index is 4.43. The molecular weight excluding hydrogens is 412 g/mol. The van der Waals surface area contributed by atoms with Crippen molar-refractivity contribution >= 4 is 58.3 Å². The minimum atomic E-state index is 0. The summed E-state index contributed by atoms with van der Waals surface area (Å²) in [4.78, 5) is 8.63. The van der Waals surface area contributed by atoms with Gasteiger partial charge in [0.1, 0.15) is 0 Å². The fraction of sp³-hybridized carbons (Fsp3) is 0.182. The normalized spacial score (nSPS) is 15.6. The minimum Gasteiger partial charge on any atom is -0.353 e. The van der Waals surface area contributed by atoms with Gasteiger partial charge in [-0.25, -0.2) is 20.8 Å². The monoisotopic (exact) mass is 434 g/mol. The Morgan fingerprint density at radius 1 is 0.677 bits per heavy atom. The third-order valence-electron chi connectivity index (χ3n) is 5.09. The van der Waals surface area contributed by atoms with Crippen LogP contribution < -0.4 is 21.5 Å². The largest absolute Gasteiger partial charge is 0.353 e. The van der Waals surface area contributed by atoms with Gasteiger partial charge in [-0.05, 0) is 21.5 Å². The van der Waals surface area contributed by atoms with E-state index in [1.165, 1.54) is 0 Å². The second-order valence-corrected chi connectivity index (χ2v) is 6.97. The van der Waals surface area contributed by atoms with E-state index in [0.29, 0.717) is 11.9 Å². The van der Waals surface area contributed by atoms with Gasteiger partial charge in [0, 0.05) is 24.2 Å². The highest BCUT2D eigenvalue weighted by atomic mass is 35.5. The Morgan fingerprint density at radius 2 is 1.06 bits per heavy atom. The molecule has 0 spiro atoms. The summed E-state index contributed by atoms with van der Waals surface area (Å²) >= 11 is 0. The third-order valence-corrected chi connectivity index (χ3v) is 5.09. The smallest absolute Gasteiger partial charge is 0.212 e. The number of aliphatic imine (C=N–C) groups is 2. The number of fused-ring (bicyclic) bond motifs is 2. The molecule has 0 saturated heterocycles. The Morgan fingerprint density at radius 3 is 1.39 bits per heavy atom. The zero-order valence-corrected chi connectivity index (χ0v) is 17.6. The van der Waals surface area contributed by atoms with E-state index in [1.54, 1.807) is 0 Å². The molecule has 0 saturated carbocycles. The van der Waals surface area contributed by atoms with Gasteiger partial charge in [-0.15, -0.1) is 12.4 Å². The van der Waals surface area contributed by atoms with Gasteiger partial charge in [0.05, 0.1) is 25.5 Å².